The van der Waals surface area contributed by atoms with Gasteiger partial charge in [-0.3, -0.25) is 0 Å². The molecule has 0 aliphatic rings. The maximum Gasteiger partial charge on any atom is 0.186 e. The Bertz CT molecular complexity index is 826. The van der Waals surface area contributed by atoms with Crippen LogP contribution in [0.3, 0.4) is 0 Å². The van der Waals surface area contributed by atoms with E-state index in [1.165, 1.54) is 12.1 Å². The Hall–Kier alpha value is -2.31. The summed E-state index contributed by atoms with van der Waals surface area (Å²) in [5.41, 5.74) is 3.00. The number of aryl methyl sites for hydroxylation is 1. The fraction of sp³-hybridized carbons (Fsp3) is 0.0625. The molecule has 0 amide bonds. The second-order valence-corrected chi connectivity index (χ2v) is 5.72. The molecule has 22 heavy (non-hydrogen) atoms. The quantitative estimate of drug-likeness (QED) is 0.741. The fourth-order valence-corrected chi connectivity index (χ4v) is 2.61. The van der Waals surface area contributed by atoms with E-state index >= 15 is 0 Å². The largest absolute Gasteiger partial charge is 0.355 e. The van der Waals surface area contributed by atoms with Gasteiger partial charge in [0.1, 0.15) is 5.82 Å². The van der Waals surface area contributed by atoms with Crippen molar-refractivity contribution < 1.29 is 17.7 Å². The third kappa shape index (κ3) is 2.70. The van der Waals surface area contributed by atoms with Crippen molar-refractivity contribution in [2.75, 3.05) is 0 Å². The molecule has 1 N–H and O–H groups in total. The van der Waals surface area contributed by atoms with E-state index in [0.717, 1.165) is 11.1 Å². The maximum atomic E-state index is 13.1. The van der Waals surface area contributed by atoms with Crippen molar-refractivity contribution in [1.82, 2.24) is 5.16 Å². The molecule has 1 unspecified atom stereocenters. The fourth-order valence-electron chi connectivity index (χ4n) is 2.25. The van der Waals surface area contributed by atoms with Crippen LogP contribution in [0.2, 0.25) is 0 Å². The molecule has 0 spiro atoms. The second kappa shape index (κ2) is 5.82. The van der Waals surface area contributed by atoms with Crippen LogP contribution in [0, 0.1) is 12.7 Å². The Balaban J connectivity index is 2.09. The number of hydrogen-bond donors (Lipinski definition) is 1. The standard InChI is InChI=1S/C16H12FNO3S/c1-10-15(11-4-8-14(9-5-11)22(19)20)16(21-18-10)12-2-6-13(17)7-3-12/h2-9H,1H3,(H,19,20). The van der Waals surface area contributed by atoms with E-state index in [4.69, 9.17) is 9.08 Å². The summed E-state index contributed by atoms with van der Waals surface area (Å²) in [6.07, 6.45) is 0. The van der Waals surface area contributed by atoms with Gasteiger partial charge in [0.15, 0.2) is 16.8 Å². The number of nitrogens with zero attached hydrogens (tertiary/aromatic N) is 1. The monoisotopic (exact) mass is 317 g/mol. The number of benzene rings is 2. The smallest absolute Gasteiger partial charge is 0.186 e. The minimum absolute atomic E-state index is 0.321. The van der Waals surface area contributed by atoms with Crippen molar-refractivity contribution in [3.63, 3.8) is 0 Å². The molecular weight excluding hydrogens is 305 g/mol. The first-order chi connectivity index (χ1) is 10.6. The van der Waals surface area contributed by atoms with Gasteiger partial charge in [-0.1, -0.05) is 17.3 Å². The van der Waals surface area contributed by atoms with Crippen molar-refractivity contribution in [1.29, 1.82) is 0 Å². The predicted molar refractivity (Wildman–Crippen MR) is 81.1 cm³/mol. The summed E-state index contributed by atoms with van der Waals surface area (Å²) in [4.78, 5) is 0.321. The summed E-state index contributed by atoms with van der Waals surface area (Å²) in [5, 5.41) is 3.97. The molecule has 0 aliphatic heterocycles. The van der Waals surface area contributed by atoms with Crippen LogP contribution < -0.4 is 0 Å². The van der Waals surface area contributed by atoms with Crippen molar-refractivity contribution in [2.45, 2.75) is 11.8 Å². The highest BCUT2D eigenvalue weighted by molar-refractivity contribution is 7.79. The molecule has 0 saturated heterocycles. The Kier molecular flexibility index (Phi) is 3.87. The van der Waals surface area contributed by atoms with Crippen LogP contribution in [-0.4, -0.2) is 13.9 Å². The third-order valence-electron chi connectivity index (χ3n) is 3.31. The van der Waals surface area contributed by atoms with E-state index in [0.29, 0.717) is 21.9 Å². The van der Waals surface area contributed by atoms with Gasteiger partial charge in [-0.2, -0.15) is 0 Å². The van der Waals surface area contributed by atoms with Crippen LogP contribution in [0.1, 0.15) is 5.69 Å². The zero-order valence-electron chi connectivity index (χ0n) is 11.6. The lowest BCUT2D eigenvalue weighted by Gasteiger charge is -2.04. The molecule has 1 heterocycles. The van der Waals surface area contributed by atoms with Gasteiger partial charge in [0.25, 0.3) is 0 Å². The summed E-state index contributed by atoms with van der Waals surface area (Å²) in [6.45, 7) is 1.81. The highest BCUT2D eigenvalue weighted by atomic mass is 32.2. The molecule has 3 aromatic rings. The van der Waals surface area contributed by atoms with Crippen LogP contribution in [0.15, 0.2) is 57.9 Å². The Morgan fingerprint density at radius 2 is 1.64 bits per heavy atom. The average molecular weight is 317 g/mol. The van der Waals surface area contributed by atoms with E-state index < -0.39 is 11.1 Å². The van der Waals surface area contributed by atoms with Crippen LogP contribution in [-0.2, 0) is 11.1 Å². The van der Waals surface area contributed by atoms with E-state index in [9.17, 15) is 8.60 Å². The summed E-state index contributed by atoms with van der Waals surface area (Å²) < 4.78 is 38.5. The van der Waals surface area contributed by atoms with Gasteiger partial charge in [-0.05, 0) is 48.9 Å². The van der Waals surface area contributed by atoms with Crippen molar-refractivity contribution >= 4 is 11.1 Å². The SMILES string of the molecule is Cc1noc(-c2ccc(F)cc2)c1-c1ccc(S(=O)O)cc1. The molecule has 112 valence electrons. The number of hydrogen-bond acceptors (Lipinski definition) is 3. The van der Waals surface area contributed by atoms with Gasteiger partial charge < -0.3 is 9.08 Å². The molecule has 0 bridgehead atoms. The molecule has 4 nitrogen and oxygen atoms in total. The Morgan fingerprint density at radius 3 is 2.23 bits per heavy atom. The number of halogens is 1. The molecule has 2 aromatic carbocycles. The highest BCUT2D eigenvalue weighted by Gasteiger charge is 2.17. The summed E-state index contributed by atoms with van der Waals surface area (Å²) >= 11 is -2.01. The average Bonchev–Trinajstić information content (AvgIpc) is 2.90. The first kappa shape index (κ1) is 14.6. The lowest BCUT2D eigenvalue weighted by atomic mass is 10.00. The van der Waals surface area contributed by atoms with Crippen LogP contribution in [0.4, 0.5) is 4.39 Å². The van der Waals surface area contributed by atoms with E-state index in [2.05, 4.69) is 5.16 Å². The van der Waals surface area contributed by atoms with Crippen LogP contribution in [0.25, 0.3) is 22.5 Å². The lowest BCUT2D eigenvalue weighted by molar-refractivity contribution is 0.427. The second-order valence-electron chi connectivity index (χ2n) is 4.75. The Labute approximate surface area is 128 Å². The van der Waals surface area contributed by atoms with Gasteiger partial charge in [0, 0.05) is 5.56 Å². The van der Waals surface area contributed by atoms with Gasteiger partial charge in [-0.25, -0.2) is 8.60 Å². The molecule has 1 atom stereocenters. The van der Waals surface area contributed by atoms with Crippen LogP contribution >= 0.6 is 0 Å². The van der Waals surface area contributed by atoms with Gasteiger partial charge in [0.2, 0.25) is 0 Å². The first-order valence-electron chi connectivity index (χ1n) is 6.50. The van der Waals surface area contributed by atoms with E-state index in [1.54, 1.807) is 36.4 Å². The summed E-state index contributed by atoms with van der Waals surface area (Å²) in [7, 11) is 0. The molecule has 0 aliphatic carbocycles. The van der Waals surface area contributed by atoms with Crippen LogP contribution in [0.5, 0.6) is 0 Å². The zero-order chi connectivity index (χ0) is 15.7. The minimum atomic E-state index is -2.01. The molecular formula is C16H12FNO3S. The molecule has 3 rings (SSSR count). The maximum absolute atomic E-state index is 13.1. The molecule has 1 aromatic heterocycles. The third-order valence-corrected chi connectivity index (χ3v) is 3.99. The number of rotatable bonds is 3. The molecule has 0 fully saturated rings. The highest BCUT2D eigenvalue weighted by Crippen LogP contribution is 2.35. The normalized spacial score (nSPS) is 12.3. The summed E-state index contributed by atoms with van der Waals surface area (Å²) in [5.74, 6) is 0.215. The lowest BCUT2D eigenvalue weighted by Crippen LogP contribution is -1.89. The minimum Gasteiger partial charge on any atom is -0.355 e. The molecule has 6 heteroatoms. The molecule has 0 saturated carbocycles. The number of aromatic nitrogens is 1. The van der Waals surface area contributed by atoms with Gasteiger partial charge in [-0.15, -0.1) is 0 Å². The summed E-state index contributed by atoms with van der Waals surface area (Å²) in [6, 6.07) is 12.6. The van der Waals surface area contributed by atoms with E-state index in [-0.39, 0.29) is 5.82 Å². The van der Waals surface area contributed by atoms with E-state index in [1.807, 2.05) is 6.92 Å². The van der Waals surface area contributed by atoms with Crippen molar-refractivity contribution in [3.8, 4) is 22.5 Å². The first-order valence-corrected chi connectivity index (χ1v) is 7.60. The van der Waals surface area contributed by atoms with Crippen molar-refractivity contribution in [2.24, 2.45) is 0 Å². The Morgan fingerprint density at radius 1 is 1.05 bits per heavy atom. The van der Waals surface area contributed by atoms with Gasteiger partial charge >= 0.3 is 0 Å². The molecule has 0 radical (unpaired) electrons. The predicted octanol–water partition coefficient (Wildman–Crippen LogP) is 4.04. The van der Waals surface area contributed by atoms with Gasteiger partial charge in [0.05, 0.1) is 16.2 Å². The van der Waals surface area contributed by atoms with Crippen molar-refractivity contribution in [3.05, 3.63) is 60.0 Å². The topological polar surface area (TPSA) is 63.3 Å². The zero-order valence-corrected chi connectivity index (χ0v) is 12.4.